The van der Waals surface area contributed by atoms with Crippen molar-refractivity contribution in [3.8, 4) is 11.4 Å². The second kappa shape index (κ2) is 5.65. The maximum absolute atomic E-state index is 10.8. The topological polar surface area (TPSA) is 57.2 Å². The van der Waals surface area contributed by atoms with Crippen molar-refractivity contribution in [2.24, 2.45) is 5.73 Å². The number of rotatable bonds is 4. The van der Waals surface area contributed by atoms with Crippen LogP contribution in [0.15, 0.2) is 36.4 Å². The summed E-state index contributed by atoms with van der Waals surface area (Å²) < 4.78 is 7.29. The molecule has 0 radical (unpaired) electrons. The molecule has 2 rings (SSSR count). The zero-order valence-electron chi connectivity index (χ0n) is 11.9. The minimum absolute atomic E-state index is 0.445. The molecule has 0 atom stereocenters. The van der Waals surface area contributed by atoms with Gasteiger partial charge in [0.15, 0.2) is 0 Å². The van der Waals surface area contributed by atoms with Gasteiger partial charge in [-0.05, 0) is 55.8 Å². The normalized spacial score (nSPS) is 10.9. The van der Waals surface area contributed by atoms with Crippen molar-refractivity contribution in [1.29, 1.82) is 0 Å². The van der Waals surface area contributed by atoms with Crippen LogP contribution in [0.4, 0.5) is 0 Å². The minimum atomic E-state index is -0.445. The molecule has 104 valence electrons. The lowest BCUT2D eigenvalue weighted by Crippen LogP contribution is -2.05. The van der Waals surface area contributed by atoms with Gasteiger partial charge >= 0.3 is 0 Å². The third-order valence-corrected chi connectivity index (χ3v) is 3.23. The second-order valence-corrected chi connectivity index (χ2v) is 4.60. The monoisotopic (exact) mass is 270 g/mol. The molecule has 2 N–H and O–H groups in total. The number of aryl methyl sites for hydroxylation is 1. The van der Waals surface area contributed by atoms with E-state index in [4.69, 9.17) is 10.5 Å². The lowest BCUT2D eigenvalue weighted by molar-refractivity contribution is -0.113. The molecule has 4 nitrogen and oxygen atoms in total. The van der Waals surface area contributed by atoms with Gasteiger partial charge in [-0.1, -0.05) is 0 Å². The minimum Gasteiger partial charge on any atom is -0.497 e. The van der Waals surface area contributed by atoms with Crippen LogP contribution in [0.2, 0.25) is 0 Å². The van der Waals surface area contributed by atoms with Crippen LogP contribution in [0.25, 0.3) is 11.8 Å². The summed E-state index contributed by atoms with van der Waals surface area (Å²) in [6.45, 7) is 4.04. The number of nitrogens with two attached hydrogens (primary N) is 1. The summed E-state index contributed by atoms with van der Waals surface area (Å²) in [5.41, 5.74) is 9.33. The van der Waals surface area contributed by atoms with Gasteiger partial charge in [-0.3, -0.25) is 4.79 Å². The number of hydrogen-bond acceptors (Lipinski definition) is 2. The first-order chi connectivity index (χ1) is 9.52. The molecule has 1 aromatic carbocycles. The van der Waals surface area contributed by atoms with Gasteiger partial charge in [0.2, 0.25) is 5.91 Å². The summed E-state index contributed by atoms with van der Waals surface area (Å²) in [6, 6.07) is 9.88. The largest absolute Gasteiger partial charge is 0.497 e. The zero-order chi connectivity index (χ0) is 14.7. The molecule has 0 spiro atoms. The Balaban J connectivity index is 2.43. The Morgan fingerprint density at radius 3 is 2.45 bits per heavy atom. The molecule has 2 aromatic rings. The van der Waals surface area contributed by atoms with Crippen LogP contribution in [0.1, 0.15) is 17.0 Å². The number of benzene rings is 1. The Kier molecular flexibility index (Phi) is 3.94. The molecule has 0 bridgehead atoms. The lowest BCUT2D eigenvalue weighted by Gasteiger charge is -2.10. The Morgan fingerprint density at radius 2 is 1.90 bits per heavy atom. The first kappa shape index (κ1) is 13.9. The molecule has 20 heavy (non-hydrogen) atoms. The van der Waals surface area contributed by atoms with Gasteiger partial charge in [-0.25, -0.2) is 0 Å². The maximum Gasteiger partial charge on any atom is 0.241 e. The van der Waals surface area contributed by atoms with E-state index >= 15 is 0 Å². The average Bonchev–Trinajstić information content (AvgIpc) is 2.71. The van der Waals surface area contributed by atoms with Crippen molar-refractivity contribution in [1.82, 2.24) is 4.57 Å². The SMILES string of the molecule is COc1ccc(-n2c(C)cc(/C=C/C(N)=O)c2C)cc1. The average molecular weight is 270 g/mol. The summed E-state index contributed by atoms with van der Waals surface area (Å²) in [6.07, 6.45) is 3.12. The molecule has 1 aromatic heterocycles. The van der Waals surface area contributed by atoms with E-state index in [9.17, 15) is 4.79 Å². The zero-order valence-corrected chi connectivity index (χ0v) is 11.9. The number of aromatic nitrogens is 1. The van der Waals surface area contributed by atoms with Gasteiger partial charge in [0.25, 0.3) is 0 Å². The number of nitrogens with zero attached hydrogens (tertiary/aromatic N) is 1. The van der Waals surface area contributed by atoms with Gasteiger partial charge in [0.1, 0.15) is 5.75 Å². The molecule has 0 fully saturated rings. The van der Waals surface area contributed by atoms with Crippen molar-refractivity contribution in [2.45, 2.75) is 13.8 Å². The van der Waals surface area contributed by atoms with E-state index < -0.39 is 5.91 Å². The van der Waals surface area contributed by atoms with E-state index in [1.54, 1.807) is 13.2 Å². The molecule has 0 saturated carbocycles. The molecule has 1 amide bonds. The quantitative estimate of drug-likeness (QED) is 0.868. The smallest absolute Gasteiger partial charge is 0.241 e. The summed E-state index contributed by atoms with van der Waals surface area (Å²) in [5.74, 6) is 0.379. The number of amides is 1. The molecular weight excluding hydrogens is 252 g/mol. The van der Waals surface area contributed by atoms with Crippen molar-refractivity contribution in [2.75, 3.05) is 7.11 Å². The Bertz CT molecular complexity index is 652. The van der Waals surface area contributed by atoms with E-state index in [0.717, 1.165) is 28.4 Å². The predicted octanol–water partition coefficient (Wildman–Crippen LogP) is 2.60. The summed E-state index contributed by atoms with van der Waals surface area (Å²) >= 11 is 0. The molecule has 0 saturated heterocycles. The number of carbonyl (C=O) groups excluding carboxylic acids is 1. The third-order valence-electron chi connectivity index (χ3n) is 3.23. The highest BCUT2D eigenvalue weighted by molar-refractivity contribution is 5.90. The maximum atomic E-state index is 10.8. The third kappa shape index (κ3) is 2.74. The second-order valence-electron chi connectivity index (χ2n) is 4.60. The van der Waals surface area contributed by atoms with Crippen LogP contribution < -0.4 is 10.5 Å². The van der Waals surface area contributed by atoms with Crippen molar-refractivity contribution in [3.05, 3.63) is 53.4 Å². The summed E-state index contributed by atoms with van der Waals surface area (Å²) in [4.78, 5) is 10.8. The number of methoxy groups -OCH3 is 1. The van der Waals surface area contributed by atoms with Gasteiger partial charge in [-0.2, -0.15) is 0 Å². The number of ether oxygens (including phenoxy) is 1. The van der Waals surface area contributed by atoms with Crippen LogP contribution in [-0.4, -0.2) is 17.6 Å². The van der Waals surface area contributed by atoms with E-state index in [-0.39, 0.29) is 0 Å². The molecular formula is C16H18N2O2. The predicted molar refractivity (Wildman–Crippen MR) is 80.0 cm³/mol. The first-order valence-electron chi connectivity index (χ1n) is 6.34. The van der Waals surface area contributed by atoms with Crippen molar-refractivity contribution < 1.29 is 9.53 Å². The van der Waals surface area contributed by atoms with E-state index in [1.807, 2.05) is 44.2 Å². The fraction of sp³-hybridized carbons (Fsp3) is 0.188. The number of carbonyl (C=O) groups is 1. The molecule has 1 heterocycles. The first-order valence-corrected chi connectivity index (χ1v) is 6.34. The molecule has 0 unspecified atom stereocenters. The highest BCUT2D eigenvalue weighted by Gasteiger charge is 2.09. The van der Waals surface area contributed by atoms with E-state index in [0.29, 0.717) is 0 Å². The van der Waals surface area contributed by atoms with Crippen LogP contribution in [-0.2, 0) is 4.79 Å². The lowest BCUT2D eigenvalue weighted by atomic mass is 10.2. The van der Waals surface area contributed by atoms with Crippen molar-refractivity contribution >= 4 is 12.0 Å². The Morgan fingerprint density at radius 1 is 1.25 bits per heavy atom. The fourth-order valence-electron chi connectivity index (χ4n) is 2.26. The molecule has 0 aliphatic heterocycles. The molecule has 0 aliphatic rings. The van der Waals surface area contributed by atoms with Gasteiger partial charge in [0, 0.05) is 23.2 Å². The highest BCUT2D eigenvalue weighted by Crippen LogP contribution is 2.23. The van der Waals surface area contributed by atoms with Gasteiger partial charge < -0.3 is 15.0 Å². The van der Waals surface area contributed by atoms with Crippen LogP contribution in [0.3, 0.4) is 0 Å². The highest BCUT2D eigenvalue weighted by atomic mass is 16.5. The number of primary amides is 1. The molecule has 0 aliphatic carbocycles. The van der Waals surface area contributed by atoms with E-state index in [2.05, 4.69) is 4.57 Å². The van der Waals surface area contributed by atoms with Crippen LogP contribution in [0.5, 0.6) is 5.75 Å². The fourth-order valence-corrected chi connectivity index (χ4v) is 2.26. The van der Waals surface area contributed by atoms with Gasteiger partial charge in [-0.15, -0.1) is 0 Å². The summed E-state index contributed by atoms with van der Waals surface area (Å²) in [5, 5.41) is 0. The molecule has 4 heteroatoms. The standard InChI is InChI=1S/C16H18N2O2/c1-11-10-13(4-9-16(17)19)12(2)18(11)14-5-7-15(20-3)8-6-14/h4-10H,1-3H3,(H2,17,19)/b9-4+. The Hall–Kier alpha value is -2.49. The van der Waals surface area contributed by atoms with Gasteiger partial charge in [0.05, 0.1) is 7.11 Å². The number of hydrogen-bond donors (Lipinski definition) is 1. The van der Waals surface area contributed by atoms with Crippen LogP contribution in [0, 0.1) is 13.8 Å². The van der Waals surface area contributed by atoms with Crippen molar-refractivity contribution in [3.63, 3.8) is 0 Å². The summed E-state index contributed by atoms with van der Waals surface area (Å²) in [7, 11) is 1.65. The van der Waals surface area contributed by atoms with Crippen LogP contribution >= 0.6 is 0 Å². The van der Waals surface area contributed by atoms with E-state index in [1.165, 1.54) is 6.08 Å². The Labute approximate surface area is 118 Å².